The van der Waals surface area contributed by atoms with E-state index in [1.807, 2.05) is 6.07 Å². The van der Waals surface area contributed by atoms with E-state index in [0.29, 0.717) is 6.61 Å². The van der Waals surface area contributed by atoms with Crippen molar-refractivity contribution in [1.82, 2.24) is 4.98 Å². The number of hydrogen-bond donors (Lipinski definition) is 0. The quantitative estimate of drug-likeness (QED) is 0.529. The van der Waals surface area contributed by atoms with E-state index in [1.54, 1.807) is 6.20 Å². The molecule has 0 N–H and O–H groups in total. The first-order valence-electron chi connectivity index (χ1n) is 5.23. The van der Waals surface area contributed by atoms with E-state index in [4.69, 9.17) is 9.47 Å². The molecule has 2 heterocycles. The molecule has 0 aliphatic carbocycles. The summed E-state index contributed by atoms with van der Waals surface area (Å²) in [6.07, 6.45) is 2.07. The predicted molar refractivity (Wildman–Crippen MR) is 82.4 cm³/mol. The molecule has 17 heavy (non-hydrogen) atoms. The maximum atomic E-state index is 5.83. The lowest BCUT2D eigenvalue weighted by atomic mass is 10.2. The molecule has 3 rings (SSSR count). The van der Waals surface area contributed by atoms with Gasteiger partial charge < -0.3 is 9.47 Å². The molecule has 0 bridgehead atoms. The number of hydrogen-bond acceptors (Lipinski definition) is 3. The van der Waals surface area contributed by atoms with Crippen LogP contribution in [0.5, 0.6) is 5.75 Å². The van der Waals surface area contributed by atoms with Gasteiger partial charge in [0, 0.05) is 15.2 Å². The summed E-state index contributed by atoms with van der Waals surface area (Å²) in [6, 6.07) is 6.14. The van der Waals surface area contributed by atoms with Gasteiger partial charge in [0.05, 0.1) is 10.2 Å². The fourth-order valence-corrected chi connectivity index (χ4v) is 3.69. The van der Waals surface area contributed by atoms with E-state index >= 15 is 0 Å². The smallest absolute Gasteiger partial charge is 0.159 e. The van der Waals surface area contributed by atoms with Crippen LogP contribution in [-0.4, -0.2) is 24.3 Å². The van der Waals surface area contributed by atoms with E-state index in [0.717, 1.165) is 26.8 Å². The summed E-state index contributed by atoms with van der Waals surface area (Å²) in [5.74, 6) is 0.872. The van der Waals surface area contributed by atoms with E-state index in [-0.39, 0.29) is 6.10 Å². The minimum absolute atomic E-state index is 0.267. The van der Waals surface area contributed by atoms with Gasteiger partial charge in [-0.05, 0) is 57.3 Å². The van der Waals surface area contributed by atoms with Gasteiger partial charge in [0.15, 0.2) is 5.75 Å². The number of rotatable bonds is 3. The maximum Gasteiger partial charge on any atom is 0.159 e. The zero-order valence-corrected chi connectivity index (χ0v) is 13.1. The van der Waals surface area contributed by atoms with Crippen molar-refractivity contribution in [2.24, 2.45) is 0 Å². The number of nitrogens with zero attached hydrogens (tertiary/aromatic N) is 1. The van der Waals surface area contributed by atoms with E-state index in [9.17, 15) is 0 Å². The molecule has 3 nitrogen and oxygen atoms in total. The van der Waals surface area contributed by atoms with Crippen molar-refractivity contribution in [2.75, 3.05) is 13.2 Å². The fraction of sp³-hybridized carbons (Fsp3) is 0.250. The van der Waals surface area contributed by atoms with Crippen LogP contribution in [0.25, 0.3) is 10.9 Å². The van der Waals surface area contributed by atoms with Crippen LogP contribution in [0.4, 0.5) is 0 Å². The van der Waals surface area contributed by atoms with Gasteiger partial charge in [-0.25, -0.2) is 0 Å². The lowest BCUT2D eigenvalue weighted by Gasteiger charge is -2.11. The molecule has 1 aromatic heterocycles. The van der Waals surface area contributed by atoms with Crippen molar-refractivity contribution in [2.45, 2.75) is 6.10 Å². The Labute approximate surface area is 126 Å². The summed E-state index contributed by atoms with van der Waals surface area (Å²) in [4.78, 5) is 4.43. The minimum atomic E-state index is 0.267. The summed E-state index contributed by atoms with van der Waals surface area (Å²) in [5.41, 5.74) is 0.935. The number of benzene rings is 1. The minimum Gasteiger partial charge on any atom is -0.487 e. The summed E-state index contributed by atoms with van der Waals surface area (Å²) < 4.78 is 13.3. The Morgan fingerprint density at radius 1 is 1.41 bits per heavy atom. The predicted octanol–water partition coefficient (Wildman–Crippen LogP) is 3.22. The Hall–Kier alpha value is -0.150. The van der Waals surface area contributed by atoms with Crippen LogP contribution in [0.1, 0.15) is 0 Å². The van der Waals surface area contributed by atoms with Crippen LogP contribution < -0.4 is 4.74 Å². The molecule has 1 aromatic carbocycles. The van der Waals surface area contributed by atoms with Crippen molar-refractivity contribution in [1.29, 1.82) is 0 Å². The van der Waals surface area contributed by atoms with Gasteiger partial charge in [0.25, 0.3) is 0 Å². The molecule has 1 fully saturated rings. The number of fused-ring (bicyclic) bond motifs is 1. The number of epoxide rings is 1. The van der Waals surface area contributed by atoms with Crippen LogP contribution in [-0.2, 0) is 4.74 Å². The Morgan fingerprint density at radius 3 is 3.00 bits per heavy atom. The monoisotopic (exact) mass is 453 g/mol. The average Bonchev–Trinajstić information content (AvgIpc) is 3.13. The molecule has 1 aliphatic heterocycles. The first kappa shape index (κ1) is 11.9. The Morgan fingerprint density at radius 2 is 2.24 bits per heavy atom. The molecule has 2 aromatic rings. The average molecular weight is 453 g/mol. The van der Waals surface area contributed by atoms with Crippen molar-refractivity contribution < 1.29 is 9.47 Å². The molecule has 1 atom stereocenters. The molecule has 1 unspecified atom stereocenters. The SMILES string of the molecule is Ic1cc(I)c2cccnc2c1OCC1CO1. The van der Waals surface area contributed by atoms with Crippen molar-refractivity contribution in [3.8, 4) is 5.75 Å². The lowest BCUT2D eigenvalue weighted by Crippen LogP contribution is -2.06. The van der Waals surface area contributed by atoms with Crippen molar-refractivity contribution >= 4 is 56.1 Å². The molecule has 1 saturated heterocycles. The first-order chi connectivity index (χ1) is 8.25. The summed E-state index contributed by atoms with van der Waals surface area (Å²) in [7, 11) is 0. The van der Waals surface area contributed by atoms with Gasteiger partial charge in [-0.15, -0.1) is 0 Å². The van der Waals surface area contributed by atoms with Crippen LogP contribution in [0, 0.1) is 7.14 Å². The van der Waals surface area contributed by atoms with Gasteiger partial charge in [0.2, 0.25) is 0 Å². The van der Waals surface area contributed by atoms with Gasteiger partial charge in [0.1, 0.15) is 18.2 Å². The van der Waals surface area contributed by atoms with Gasteiger partial charge >= 0.3 is 0 Å². The standard InChI is InChI=1S/C12H9I2NO2/c13-9-4-10(14)12(17-6-7-5-16-7)11-8(9)2-1-3-15-11/h1-4,7H,5-6H2. The molecule has 0 radical (unpaired) electrons. The molecule has 5 heteroatoms. The highest BCUT2D eigenvalue weighted by molar-refractivity contribution is 14.1. The van der Waals surface area contributed by atoms with Gasteiger partial charge in [-0.2, -0.15) is 0 Å². The Kier molecular flexibility index (Phi) is 3.40. The van der Waals surface area contributed by atoms with Crippen LogP contribution in [0.2, 0.25) is 0 Å². The Bertz CT molecular complexity index is 570. The van der Waals surface area contributed by atoms with Crippen LogP contribution in [0.3, 0.4) is 0 Å². The second kappa shape index (κ2) is 4.85. The number of aromatic nitrogens is 1. The third-order valence-electron chi connectivity index (χ3n) is 2.57. The maximum absolute atomic E-state index is 5.83. The largest absolute Gasteiger partial charge is 0.487 e. The second-order valence-electron chi connectivity index (χ2n) is 3.84. The summed E-state index contributed by atoms with van der Waals surface area (Å²) >= 11 is 4.62. The van der Waals surface area contributed by atoms with Crippen molar-refractivity contribution in [3.05, 3.63) is 31.5 Å². The topological polar surface area (TPSA) is 34.6 Å². The van der Waals surface area contributed by atoms with Crippen LogP contribution >= 0.6 is 45.2 Å². The third kappa shape index (κ3) is 2.50. The Balaban J connectivity index is 2.07. The normalized spacial score (nSPS) is 18.4. The summed E-state index contributed by atoms with van der Waals surface area (Å²) in [6.45, 7) is 1.43. The zero-order valence-electron chi connectivity index (χ0n) is 8.82. The number of halogens is 2. The van der Waals surface area contributed by atoms with Crippen LogP contribution in [0.15, 0.2) is 24.4 Å². The van der Waals surface area contributed by atoms with E-state index < -0.39 is 0 Å². The third-order valence-corrected chi connectivity index (χ3v) is 4.26. The van der Waals surface area contributed by atoms with Crippen molar-refractivity contribution in [3.63, 3.8) is 0 Å². The van der Waals surface area contributed by atoms with E-state index in [1.165, 1.54) is 3.57 Å². The highest BCUT2D eigenvalue weighted by Gasteiger charge is 2.24. The highest BCUT2D eigenvalue weighted by Crippen LogP contribution is 2.33. The molecular weight excluding hydrogens is 444 g/mol. The first-order valence-corrected chi connectivity index (χ1v) is 7.38. The summed E-state index contributed by atoms with van der Waals surface area (Å²) in [5, 5.41) is 1.14. The molecule has 0 saturated carbocycles. The molecule has 0 spiro atoms. The zero-order chi connectivity index (χ0) is 11.8. The lowest BCUT2D eigenvalue weighted by molar-refractivity contribution is 0.263. The molecule has 1 aliphatic rings. The highest BCUT2D eigenvalue weighted by atomic mass is 127. The fourth-order valence-electron chi connectivity index (χ4n) is 1.62. The molecular formula is C12H9I2NO2. The number of pyridine rings is 1. The van der Waals surface area contributed by atoms with Gasteiger partial charge in [-0.3, -0.25) is 4.98 Å². The number of ether oxygens (including phenoxy) is 2. The second-order valence-corrected chi connectivity index (χ2v) is 6.16. The molecule has 88 valence electrons. The molecule has 0 amide bonds. The van der Waals surface area contributed by atoms with E-state index in [2.05, 4.69) is 62.3 Å². The van der Waals surface area contributed by atoms with Gasteiger partial charge in [-0.1, -0.05) is 6.07 Å².